The minimum Gasteiger partial charge on any atom is -0.403 e. The Hall–Kier alpha value is -3.14. The molecule has 0 unspecified atom stereocenters. The van der Waals surface area contributed by atoms with Crippen molar-refractivity contribution >= 4 is 10.8 Å². The van der Waals surface area contributed by atoms with Crippen LogP contribution in [0.2, 0.25) is 0 Å². The van der Waals surface area contributed by atoms with Crippen LogP contribution in [0.15, 0.2) is 42.5 Å². The highest BCUT2D eigenvalue weighted by atomic mass is 19.4. The summed E-state index contributed by atoms with van der Waals surface area (Å²) in [7, 11) is 0. The van der Waals surface area contributed by atoms with Gasteiger partial charge < -0.3 is 4.74 Å². The Balaban J connectivity index is 1.48. The molecule has 3 aromatic carbocycles. The number of unbranched alkanes of at least 4 members (excludes halogenated alkanes) is 2. The monoisotopic (exact) mass is 518 g/mol. The molecule has 0 spiro atoms. The van der Waals surface area contributed by atoms with Gasteiger partial charge in [0.05, 0.1) is 5.56 Å². The van der Waals surface area contributed by atoms with Crippen molar-refractivity contribution in [1.82, 2.24) is 0 Å². The summed E-state index contributed by atoms with van der Waals surface area (Å²) < 4.78 is 85.1. The van der Waals surface area contributed by atoms with Gasteiger partial charge in [0, 0.05) is 10.9 Å². The second-order valence-corrected chi connectivity index (χ2v) is 9.68. The molecule has 1 aliphatic carbocycles. The number of ether oxygens (including phenoxy) is 1. The molecule has 0 bridgehead atoms. The standard InChI is InChI=1S/C30H28F6O/c1-2-3-4-5-19-6-10-21(11-7-19)23-17-26(31)25(27(32)18-23)14-9-20-8-13-24-22(16-20)12-15-28(29(24)33)37-30(34,35)36/h8,12-13,15-19,21H,2-7,10-11H2,1H3/t19-,21-. The predicted octanol–water partition coefficient (Wildman–Crippen LogP) is 9.41. The van der Waals surface area contributed by atoms with Gasteiger partial charge in [-0.2, -0.15) is 0 Å². The maximum atomic E-state index is 14.8. The summed E-state index contributed by atoms with van der Waals surface area (Å²) >= 11 is 0. The lowest BCUT2D eigenvalue weighted by molar-refractivity contribution is -0.275. The average molecular weight is 519 g/mol. The van der Waals surface area contributed by atoms with Crippen LogP contribution >= 0.6 is 0 Å². The van der Waals surface area contributed by atoms with Crippen LogP contribution in [-0.2, 0) is 0 Å². The Morgan fingerprint density at radius 3 is 2.22 bits per heavy atom. The molecule has 1 nitrogen and oxygen atoms in total. The molecule has 0 amide bonds. The van der Waals surface area contributed by atoms with E-state index >= 15 is 0 Å². The molecule has 0 radical (unpaired) electrons. The summed E-state index contributed by atoms with van der Waals surface area (Å²) in [5.41, 5.74) is 0.642. The zero-order valence-corrected chi connectivity index (χ0v) is 20.5. The number of alkyl halides is 3. The topological polar surface area (TPSA) is 9.23 Å². The fourth-order valence-electron chi connectivity index (χ4n) is 5.10. The summed E-state index contributed by atoms with van der Waals surface area (Å²) in [6, 6.07) is 8.94. The molecule has 196 valence electrons. The maximum absolute atomic E-state index is 14.8. The van der Waals surface area contributed by atoms with Crippen LogP contribution in [0, 0.1) is 35.2 Å². The third-order valence-corrected chi connectivity index (χ3v) is 7.07. The molecule has 0 heterocycles. The minimum absolute atomic E-state index is 0.0888. The molecule has 0 N–H and O–H groups in total. The highest BCUT2D eigenvalue weighted by Gasteiger charge is 2.32. The van der Waals surface area contributed by atoms with Gasteiger partial charge in [-0.05, 0) is 78.8 Å². The lowest BCUT2D eigenvalue weighted by Crippen LogP contribution is -2.17. The Kier molecular flexibility index (Phi) is 8.36. The van der Waals surface area contributed by atoms with Crippen LogP contribution in [0.1, 0.15) is 80.9 Å². The molecular weight excluding hydrogens is 490 g/mol. The van der Waals surface area contributed by atoms with Crippen LogP contribution in [0.4, 0.5) is 26.3 Å². The first-order valence-corrected chi connectivity index (χ1v) is 12.6. The van der Waals surface area contributed by atoms with Crippen molar-refractivity contribution in [3.8, 4) is 17.6 Å². The van der Waals surface area contributed by atoms with Crippen LogP contribution in [0.25, 0.3) is 10.8 Å². The van der Waals surface area contributed by atoms with E-state index in [0.717, 1.165) is 31.7 Å². The fraction of sp³-hybridized carbons (Fsp3) is 0.400. The molecule has 1 saturated carbocycles. The number of fused-ring (bicyclic) bond motifs is 1. The molecule has 0 saturated heterocycles. The van der Waals surface area contributed by atoms with Crippen molar-refractivity contribution in [2.75, 3.05) is 0 Å². The van der Waals surface area contributed by atoms with Gasteiger partial charge in [-0.1, -0.05) is 56.6 Å². The largest absolute Gasteiger partial charge is 0.573 e. The van der Waals surface area contributed by atoms with E-state index in [4.69, 9.17) is 0 Å². The van der Waals surface area contributed by atoms with Crippen molar-refractivity contribution in [1.29, 1.82) is 0 Å². The maximum Gasteiger partial charge on any atom is 0.573 e. The van der Waals surface area contributed by atoms with E-state index < -0.39 is 29.6 Å². The van der Waals surface area contributed by atoms with Gasteiger partial charge in [0.15, 0.2) is 11.6 Å². The number of hydrogen-bond acceptors (Lipinski definition) is 1. The van der Waals surface area contributed by atoms with E-state index in [9.17, 15) is 26.3 Å². The molecule has 1 fully saturated rings. The SMILES string of the molecule is CCCCC[C@H]1CC[C@H](c2cc(F)c(C#Cc3ccc4c(F)c(OC(F)(F)F)ccc4c3)c(F)c2)CC1. The summed E-state index contributed by atoms with van der Waals surface area (Å²) in [6.07, 6.45) is 3.88. The van der Waals surface area contributed by atoms with E-state index in [2.05, 4.69) is 23.5 Å². The highest BCUT2D eigenvalue weighted by Crippen LogP contribution is 2.38. The normalized spacial score (nSPS) is 17.9. The number of hydrogen-bond donors (Lipinski definition) is 0. The Bertz CT molecular complexity index is 1290. The third kappa shape index (κ3) is 6.80. The van der Waals surface area contributed by atoms with Crippen molar-refractivity contribution in [3.63, 3.8) is 0 Å². The molecular formula is C30H28F6O. The van der Waals surface area contributed by atoms with Crippen molar-refractivity contribution in [2.24, 2.45) is 5.92 Å². The van der Waals surface area contributed by atoms with E-state index in [1.807, 2.05) is 0 Å². The van der Waals surface area contributed by atoms with Crippen LogP contribution in [0.3, 0.4) is 0 Å². The van der Waals surface area contributed by atoms with Crippen LogP contribution < -0.4 is 4.74 Å². The summed E-state index contributed by atoms with van der Waals surface area (Å²) in [5, 5.41) is 0.189. The number of rotatable bonds is 6. The first-order valence-electron chi connectivity index (χ1n) is 12.6. The molecule has 0 atom stereocenters. The van der Waals surface area contributed by atoms with E-state index in [0.29, 0.717) is 17.0 Å². The van der Waals surface area contributed by atoms with Gasteiger partial charge in [-0.15, -0.1) is 13.2 Å². The van der Waals surface area contributed by atoms with Crippen molar-refractivity contribution in [3.05, 3.63) is 76.6 Å². The first-order chi connectivity index (χ1) is 17.6. The van der Waals surface area contributed by atoms with Crippen LogP contribution in [0.5, 0.6) is 5.75 Å². The molecule has 3 aromatic rings. The van der Waals surface area contributed by atoms with Gasteiger partial charge in [0.2, 0.25) is 0 Å². The minimum atomic E-state index is -5.02. The quantitative estimate of drug-likeness (QED) is 0.179. The Morgan fingerprint density at radius 2 is 1.57 bits per heavy atom. The third-order valence-electron chi connectivity index (χ3n) is 7.07. The smallest absolute Gasteiger partial charge is 0.403 e. The zero-order valence-electron chi connectivity index (χ0n) is 20.5. The van der Waals surface area contributed by atoms with Crippen LogP contribution in [-0.4, -0.2) is 6.36 Å². The van der Waals surface area contributed by atoms with Crippen molar-refractivity contribution < 1.29 is 31.1 Å². The molecule has 0 aliphatic heterocycles. The lowest BCUT2D eigenvalue weighted by Gasteiger charge is -2.29. The molecule has 0 aromatic heterocycles. The van der Waals surface area contributed by atoms with Gasteiger partial charge in [0.25, 0.3) is 0 Å². The zero-order chi connectivity index (χ0) is 26.6. The lowest BCUT2D eigenvalue weighted by atomic mass is 9.77. The first kappa shape index (κ1) is 26.9. The second kappa shape index (κ2) is 11.5. The molecule has 37 heavy (non-hydrogen) atoms. The Morgan fingerprint density at radius 1 is 0.865 bits per heavy atom. The Labute approximate surface area is 212 Å². The van der Waals surface area contributed by atoms with Gasteiger partial charge >= 0.3 is 6.36 Å². The van der Waals surface area contributed by atoms with Crippen molar-refractivity contribution in [2.45, 2.75) is 70.6 Å². The van der Waals surface area contributed by atoms with E-state index in [-0.39, 0.29) is 22.3 Å². The fourth-order valence-corrected chi connectivity index (χ4v) is 5.10. The number of benzene rings is 3. The highest BCUT2D eigenvalue weighted by molar-refractivity contribution is 5.86. The summed E-state index contributed by atoms with van der Waals surface area (Å²) in [4.78, 5) is 0. The predicted molar refractivity (Wildman–Crippen MR) is 132 cm³/mol. The molecule has 4 rings (SSSR count). The van der Waals surface area contributed by atoms with E-state index in [1.165, 1.54) is 62.1 Å². The van der Waals surface area contributed by atoms with E-state index in [1.54, 1.807) is 0 Å². The summed E-state index contributed by atoms with van der Waals surface area (Å²) in [6.45, 7) is 2.19. The summed E-state index contributed by atoms with van der Waals surface area (Å²) in [5.74, 6) is 2.47. The molecule has 7 heteroatoms. The number of halogens is 6. The van der Waals surface area contributed by atoms with Gasteiger partial charge in [-0.25, -0.2) is 13.2 Å². The second-order valence-electron chi connectivity index (χ2n) is 9.68. The van der Waals surface area contributed by atoms with Gasteiger partial charge in [-0.3, -0.25) is 0 Å². The molecule has 1 aliphatic rings. The average Bonchev–Trinajstić information content (AvgIpc) is 2.85. The van der Waals surface area contributed by atoms with Gasteiger partial charge in [0.1, 0.15) is 11.6 Å².